The van der Waals surface area contributed by atoms with E-state index in [-0.39, 0.29) is 18.9 Å². The molecule has 0 aliphatic carbocycles. The van der Waals surface area contributed by atoms with E-state index in [2.05, 4.69) is 19.2 Å². The molecule has 3 aliphatic heterocycles. The van der Waals surface area contributed by atoms with Crippen LogP contribution < -0.4 is 5.32 Å². The van der Waals surface area contributed by atoms with Gasteiger partial charge >= 0.3 is 0 Å². The number of ether oxygens (including phenoxy) is 6. The van der Waals surface area contributed by atoms with E-state index in [4.69, 9.17) is 28.4 Å². The van der Waals surface area contributed by atoms with Gasteiger partial charge < -0.3 is 89.9 Å². The molecule has 0 radical (unpaired) electrons. The van der Waals surface area contributed by atoms with Gasteiger partial charge in [0.1, 0.15) is 73.2 Å². The summed E-state index contributed by atoms with van der Waals surface area (Å²) in [6, 6.07) is -0.971. The van der Waals surface area contributed by atoms with E-state index in [0.717, 1.165) is 44.9 Å². The minimum Gasteiger partial charge on any atom is -0.394 e. The second kappa shape index (κ2) is 71.6. The van der Waals surface area contributed by atoms with Crippen LogP contribution in [0.5, 0.6) is 0 Å². The normalized spacial score (nSPS) is 25.1. The molecule has 3 fully saturated rings. The quantitative estimate of drug-likeness (QED) is 0.0199. The molecule has 3 heterocycles. The maximum absolute atomic E-state index is 13.5. The summed E-state index contributed by atoms with van der Waals surface area (Å²) in [5, 5.41) is 121. The molecule has 0 saturated carbocycles. The van der Waals surface area contributed by atoms with Crippen LogP contribution in [0.1, 0.15) is 431 Å². The summed E-state index contributed by atoms with van der Waals surface area (Å²) in [6.07, 6.45) is 62.4. The highest BCUT2D eigenvalue weighted by atomic mass is 16.8. The van der Waals surface area contributed by atoms with Gasteiger partial charge in [0.05, 0.1) is 38.6 Å². The minimum atomic E-state index is -1.98. The van der Waals surface area contributed by atoms with Gasteiger partial charge in [-0.25, -0.2) is 0 Å². The van der Waals surface area contributed by atoms with E-state index < -0.39 is 124 Å². The summed E-state index contributed by atoms with van der Waals surface area (Å²) in [7, 11) is 0. The van der Waals surface area contributed by atoms with E-state index in [1.165, 1.54) is 360 Å². The number of hydrogen-bond donors (Lipinski definition) is 12. The first-order chi connectivity index (χ1) is 53.8. The highest BCUT2D eigenvalue weighted by Gasteiger charge is 2.54. The SMILES string of the molecule is CCCCCCCCCCCCCCCCCCCCCCCCCCCC/C=C/C(O)C(COC1OC(CO)C(OC2OC(CO)C(OC3OC(CO)C(O)C(O)C3O)C(O)C2O)C(O)C1O)NC(=O)CCCCCCCCCCCCCCCCCCCCCCCCCCCCCCCCCCCCCCC. The molecule has 0 spiro atoms. The van der Waals surface area contributed by atoms with Gasteiger partial charge in [0, 0.05) is 6.42 Å². The number of aliphatic hydroxyl groups excluding tert-OH is 11. The maximum Gasteiger partial charge on any atom is 0.220 e. The summed E-state index contributed by atoms with van der Waals surface area (Å²) < 4.78 is 34.6. The molecule has 0 aromatic rings. The summed E-state index contributed by atoms with van der Waals surface area (Å²) >= 11 is 0. The number of carbonyl (C=O) groups excluding carboxylic acids is 1. The number of carbonyl (C=O) groups is 1. The Morgan fingerprint density at radius 2 is 0.564 bits per heavy atom. The van der Waals surface area contributed by atoms with Crippen molar-refractivity contribution < 1.29 is 89.4 Å². The molecular formula is C91H175NO18. The number of allylic oxidation sites excluding steroid dienone is 1. The van der Waals surface area contributed by atoms with Gasteiger partial charge in [0.15, 0.2) is 18.9 Å². The number of unbranched alkanes of at least 4 members (excludes halogenated alkanes) is 62. The van der Waals surface area contributed by atoms with Crippen molar-refractivity contribution in [1.82, 2.24) is 5.32 Å². The molecule has 12 N–H and O–H groups in total. The average molecular weight is 1570 g/mol. The highest BCUT2D eigenvalue weighted by Crippen LogP contribution is 2.34. The Balaban J connectivity index is 1.30. The van der Waals surface area contributed by atoms with E-state index in [9.17, 15) is 61.0 Å². The summed E-state index contributed by atoms with van der Waals surface area (Å²) in [5.41, 5.74) is 0. The fourth-order valence-electron chi connectivity index (χ4n) is 16.4. The van der Waals surface area contributed by atoms with Crippen LogP contribution in [0.3, 0.4) is 0 Å². The molecule has 1 amide bonds. The van der Waals surface area contributed by atoms with Crippen LogP contribution in [-0.4, -0.2) is 193 Å². The molecule has 3 aliphatic rings. The van der Waals surface area contributed by atoms with Crippen LogP contribution in [0.2, 0.25) is 0 Å². The number of amides is 1. The van der Waals surface area contributed by atoms with Crippen molar-refractivity contribution in [3.05, 3.63) is 12.2 Å². The molecule has 19 nitrogen and oxygen atoms in total. The van der Waals surface area contributed by atoms with Gasteiger partial charge in [-0.3, -0.25) is 4.79 Å². The van der Waals surface area contributed by atoms with Crippen LogP contribution in [0, 0.1) is 0 Å². The Labute approximate surface area is 671 Å². The molecule has 110 heavy (non-hydrogen) atoms. The molecule has 3 saturated heterocycles. The van der Waals surface area contributed by atoms with E-state index in [1.54, 1.807) is 6.08 Å². The molecule has 0 aromatic carbocycles. The topological polar surface area (TPSA) is 307 Å². The van der Waals surface area contributed by atoms with E-state index in [0.29, 0.717) is 6.42 Å². The Morgan fingerprint density at radius 1 is 0.318 bits per heavy atom. The van der Waals surface area contributed by atoms with Crippen LogP contribution >= 0.6 is 0 Å². The van der Waals surface area contributed by atoms with Crippen molar-refractivity contribution in [2.75, 3.05) is 26.4 Å². The predicted octanol–water partition coefficient (Wildman–Crippen LogP) is 18.2. The van der Waals surface area contributed by atoms with Crippen molar-refractivity contribution in [2.24, 2.45) is 0 Å². The molecule has 0 bridgehead atoms. The van der Waals surface area contributed by atoms with E-state index >= 15 is 0 Å². The van der Waals surface area contributed by atoms with Gasteiger partial charge in [0.2, 0.25) is 5.91 Å². The van der Waals surface area contributed by atoms with Gasteiger partial charge in [0.25, 0.3) is 0 Å². The molecule has 19 heteroatoms. The Hall–Kier alpha value is -1.47. The van der Waals surface area contributed by atoms with Crippen molar-refractivity contribution >= 4 is 5.91 Å². The fourth-order valence-corrected chi connectivity index (χ4v) is 16.4. The fraction of sp³-hybridized carbons (Fsp3) is 0.967. The third-order valence-electron chi connectivity index (χ3n) is 23.8. The largest absolute Gasteiger partial charge is 0.394 e. The molecular weight excluding hydrogens is 1390 g/mol. The summed E-state index contributed by atoms with van der Waals surface area (Å²) in [6.45, 7) is 1.83. The zero-order valence-electron chi connectivity index (χ0n) is 70.5. The predicted molar refractivity (Wildman–Crippen MR) is 444 cm³/mol. The highest BCUT2D eigenvalue weighted by molar-refractivity contribution is 5.76. The second-order valence-electron chi connectivity index (χ2n) is 33.8. The van der Waals surface area contributed by atoms with E-state index in [1.807, 2.05) is 6.08 Å². The Bertz CT molecular complexity index is 2030. The first-order valence-electron chi connectivity index (χ1n) is 46.9. The lowest BCUT2D eigenvalue weighted by atomic mass is 9.96. The molecule has 17 unspecified atom stereocenters. The second-order valence-corrected chi connectivity index (χ2v) is 33.8. The lowest BCUT2D eigenvalue weighted by Gasteiger charge is -2.48. The first-order valence-corrected chi connectivity index (χ1v) is 46.9. The third kappa shape index (κ3) is 49.7. The van der Waals surface area contributed by atoms with Gasteiger partial charge in [-0.1, -0.05) is 418 Å². The summed E-state index contributed by atoms with van der Waals surface area (Å²) in [4.78, 5) is 13.5. The molecule has 3 rings (SSSR count). The van der Waals surface area contributed by atoms with Crippen LogP contribution in [-0.2, 0) is 33.2 Å². The molecule has 0 aromatic heterocycles. The monoisotopic (exact) mass is 1570 g/mol. The van der Waals surface area contributed by atoms with Gasteiger partial charge in [-0.15, -0.1) is 0 Å². The van der Waals surface area contributed by atoms with Crippen molar-refractivity contribution in [3.63, 3.8) is 0 Å². The van der Waals surface area contributed by atoms with Crippen LogP contribution in [0.25, 0.3) is 0 Å². The van der Waals surface area contributed by atoms with Crippen LogP contribution in [0.15, 0.2) is 12.2 Å². The smallest absolute Gasteiger partial charge is 0.220 e. The first kappa shape index (κ1) is 103. The Kier molecular flexibility index (Phi) is 66.9. The molecule has 652 valence electrons. The third-order valence-corrected chi connectivity index (χ3v) is 23.8. The van der Waals surface area contributed by atoms with Gasteiger partial charge in [-0.05, 0) is 19.3 Å². The van der Waals surface area contributed by atoms with Crippen LogP contribution in [0.4, 0.5) is 0 Å². The van der Waals surface area contributed by atoms with Crippen molar-refractivity contribution in [2.45, 2.75) is 535 Å². The van der Waals surface area contributed by atoms with Crippen molar-refractivity contribution in [3.8, 4) is 0 Å². The van der Waals surface area contributed by atoms with Gasteiger partial charge in [-0.2, -0.15) is 0 Å². The standard InChI is InChI=1S/C91H175NO18/c1-3-5-7-9-11-13-15-17-19-21-23-25-27-29-31-33-34-35-36-37-38-39-40-41-43-45-47-49-51-53-55-57-59-61-63-65-67-69-79(97)92-74(75(96)68-66-64-62-60-58-56-54-52-50-48-46-44-42-32-30-28-26-24-22-20-18-16-14-12-10-8-6-4-2)73-105-89-85(103)82(100)87(77(71-94)107-89)110-91-86(104)83(101)88(78(72-95)108-91)109-90-84(102)81(99)80(98)76(70-93)106-90/h66,68,74-78,80-91,93-96,98-104H,3-65,67,69-73H2,1-2H3,(H,92,97)/b68-66+. The summed E-state index contributed by atoms with van der Waals surface area (Å²) in [5.74, 6) is -0.264. The number of hydrogen-bond acceptors (Lipinski definition) is 18. The zero-order chi connectivity index (χ0) is 79.5. The lowest BCUT2D eigenvalue weighted by Crippen LogP contribution is -2.66. The zero-order valence-corrected chi connectivity index (χ0v) is 70.5. The minimum absolute atomic E-state index is 0.251. The number of nitrogens with one attached hydrogen (secondary N) is 1. The lowest BCUT2D eigenvalue weighted by molar-refractivity contribution is -0.379. The average Bonchev–Trinajstić information content (AvgIpc) is 0.777. The van der Waals surface area contributed by atoms with Crippen molar-refractivity contribution in [1.29, 1.82) is 0 Å². The number of aliphatic hydroxyl groups is 11. The number of rotatable bonds is 78. The Morgan fingerprint density at radius 3 is 0.855 bits per heavy atom. The maximum atomic E-state index is 13.5. The molecule has 17 atom stereocenters.